The van der Waals surface area contributed by atoms with Crippen molar-refractivity contribution in [2.45, 2.75) is 52.9 Å². The first-order valence-electron chi connectivity index (χ1n) is 7.28. The van der Waals surface area contributed by atoms with Crippen molar-refractivity contribution in [3.8, 4) is 0 Å². The van der Waals surface area contributed by atoms with Crippen LogP contribution in [0.25, 0.3) is 0 Å². The minimum Gasteiger partial charge on any atom is -0.396 e. The van der Waals surface area contributed by atoms with Crippen molar-refractivity contribution in [1.82, 2.24) is 9.97 Å². The number of nitrogens with zero attached hydrogens (tertiary/aromatic N) is 2. The Balaban J connectivity index is 2.91. The van der Waals surface area contributed by atoms with Gasteiger partial charge in [-0.05, 0) is 19.3 Å². The van der Waals surface area contributed by atoms with Gasteiger partial charge in [0.25, 0.3) is 0 Å². The number of hydrogen-bond acceptors (Lipinski definition) is 5. The highest BCUT2D eigenvalue weighted by Crippen LogP contribution is 2.25. The van der Waals surface area contributed by atoms with Crippen molar-refractivity contribution in [3.63, 3.8) is 0 Å². The van der Waals surface area contributed by atoms with Gasteiger partial charge in [0.2, 0.25) is 0 Å². The van der Waals surface area contributed by atoms with Gasteiger partial charge in [-0.3, -0.25) is 0 Å². The molecule has 1 aromatic heterocycles. The minimum atomic E-state index is -0.131. The van der Waals surface area contributed by atoms with Crippen LogP contribution in [0.3, 0.4) is 0 Å². The molecule has 0 saturated heterocycles. The summed E-state index contributed by atoms with van der Waals surface area (Å²) in [5.74, 6) is 2.52. The van der Waals surface area contributed by atoms with Crippen molar-refractivity contribution < 1.29 is 5.11 Å². The predicted molar refractivity (Wildman–Crippen MR) is 83.9 cm³/mol. The summed E-state index contributed by atoms with van der Waals surface area (Å²) in [5.41, 5.74) is 6.74. The number of rotatable bonds is 6. The molecule has 1 atom stereocenters. The second kappa shape index (κ2) is 6.88. The summed E-state index contributed by atoms with van der Waals surface area (Å²) in [7, 11) is 0. The van der Waals surface area contributed by atoms with E-state index in [4.69, 9.17) is 10.8 Å². The maximum absolute atomic E-state index is 9.04. The Kier molecular flexibility index (Phi) is 5.74. The quantitative estimate of drug-likeness (QED) is 0.745. The van der Waals surface area contributed by atoms with Gasteiger partial charge in [0, 0.05) is 24.1 Å². The maximum Gasteiger partial charge on any atom is 0.138 e. The van der Waals surface area contributed by atoms with Crippen molar-refractivity contribution in [2.24, 2.45) is 5.92 Å². The van der Waals surface area contributed by atoms with E-state index >= 15 is 0 Å². The second-order valence-corrected chi connectivity index (χ2v) is 6.32. The Morgan fingerprint density at radius 1 is 1.30 bits per heavy atom. The Morgan fingerprint density at radius 2 is 1.95 bits per heavy atom. The van der Waals surface area contributed by atoms with E-state index in [9.17, 15) is 0 Å². The molecule has 0 bridgehead atoms. The monoisotopic (exact) mass is 280 g/mol. The summed E-state index contributed by atoms with van der Waals surface area (Å²) in [5, 5.41) is 12.4. The van der Waals surface area contributed by atoms with E-state index < -0.39 is 0 Å². The van der Waals surface area contributed by atoms with Crippen molar-refractivity contribution >= 4 is 11.6 Å². The first kappa shape index (κ1) is 16.7. The van der Waals surface area contributed by atoms with Crippen LogP contribution < -0.4 is 11.1 Å². The molecular formula is C15H28N4O. The van der Waals surface area contributed by atoms with Crippen molar-refractivity contribution in [2.75, 3.05) is 24.2 Å². The average Bonchev–Trinajstić information content (AvgIpc) is 2.37. The van der Waals surface area contributed by atoms with Gasteiger partial charge in [0.05, 0.1) is 0 Å². The van der Waals surface area contributed by atoms with E-state index in [1.165, 1.54) is 0 Å². The molecule has 5 heteroatoms. The number of nitrogen functional groups attached to an aromatic ring is 1. The Morgan fingerprint density at radius 3 is 2.45 bits per heavy atom. The molecule has 20 heavy (non-hydrogen) atoms. The van der Waals surface area contributed by atoms with Gasteiger partial charge in [-0.2, -0.15) is 0 Å². The van der Waals surface area contributed by atoms with Gasteiger partial charge in [0.1, 0.15) is 17.5 Å². The standard InChI is InChI=1S/C15H28N4O/c1-6-11(7-8-20)9-17-13-10(2)12(16)18-14(19-13)15(3,4)5/h11,20H,6-9H2,1-5H3,(H3,16,17,18,19). The van der Waals surface area contributed by atoms with Crippen LogP contribution in [0.2, 0.25) is 0 Å². The molecule has 4 N–H and O–H groups in total. The van der Waals surface area contributed by atoms with E-state index in [1.54, 1.807) is 0 Å². The molecule has 1 heterocycles. The van der Waals surface area contributed by atoms with Crippen LogP contribution >= 0.6 is 0 Å². The molecule has 0 fully saturated rings. The lowest BCUT2D eigenvalue weighted by atomic mass is 9.95. The molecule has 0 amide bonds. The number of aromatic nitrogens is 2. The zero-order valence-corrected chi connectivity index (χ0v) is 13.3. The van der Waals surface area contributed by atoms with Gasteiger partial charge in [-0.15, -0.1) is 0 Å². The SMILES string of the molecule is CCC(CCO)CNc1nc(C(C)(C)C)nc(N)c1C. The highest BCUT2D eigenvalue weighted by Gasteiger charge is 2.20. The maximum atomic E-state index is 9.04. The molecule has 1 unspecified atom stereocenters. The molecule has 0 saturated carbocycles. The molecule has 114 valence electrons. The van der Waals surface area contributed by atoms with E-state index in [2.05, 4.69) is 43.0 Å². The predicted octanol–water partition coefficient (Wildman–Crippen LogP) is 2.49. The number of nitrogens with one attached hydrogen (secondary N) is 1. The normalized spacial score (nSPS) is 13.3. The smallest absolute Gasteiger partial charge is 0.138 e. The summed E-state index contributed by atoms with van der Waals surface area (Å²) >= 11 is 0. The lowest BCUT2D eigenvalue weighted by Gasteiger charge is -2.21. The summed E-state index contributed by atoms with van der Waals surface area (Å²) in [6, 6.07) is 0. The minimum absolute atomic E-state index is 0.131. The third kappa shape index (κ3) is 4.34. The summed E-state index contributed by atoms with van der Waals surface area (Å²) in [4.78, 5) is 8.98. The molecule has 5 nitrogen and oxygen atoms in total. The number of aliphatic hydroxyl groups excluding tert-OH is 1. The van der Waals surface area contributed by atoms with Crippen LogP contribution in [0.5, 0.6) is 0 Å². The summed E-state index contributed by atoms with van der Waals surface area (Å²) in [6.45, 7) is 11.3. The molecule has 0 aliphatic rings. The second-order valence-electron chi connectivity index (χ2n) is 6.32. The molecule has 1 rings (SSSR count). The molecule has 0 aromatic carbocycles. The Labute approximate surface area is 122 Å². The number of hydrogen-bond donors (Lipinski definition) is 3. The van der Waals surface area contributed by atoms with Crippen LogP contribution in [0.15, 0.2) is 0 Å². The van der Waals surface area contributed by atoms with Gasteiger partial charge in [-0.1, -0.05) is 34.1 Å². The number of anilines is 2. The fraction of sp³-hybridized carbons (Fsp3) is 0.733. The van der Waals surface area contributed by atoms with Gasteiger partial charge in [-0.25, -0.2) is 9.97 Å². The van der Waals surface area contributed by atoms with Crippen molar-refractivity contribution in [3.05, 3.63) is 11.4 Å². The number of nitrogens with two attached hydrogens (primary N) is 1. The highest BCUT2D eigenvalue weighted by atomic mass is 16.3. The highest BCUT2D eigenvalue weighted by molar-refractivity contribution is 5.55. The van der Waals surface area contributed by atoms with Crippen LogP contribution in [-0.2, 0) is 5.41 Å². The van der Waals surface area contributed by atoms with Gasteiger partial charge >= 0.3 is 0 Å². The van der Waals surface area contributed by atoms with E-state index in [0.29, 0.717) is 11.7 Å². The fourth-order valence-electron chi connectivity index (χ4n) is 1.92. The molecule has 0 aliphatic carbocycles. The van der Waals surface area contributed by atoms with Crippen LogP contribution in [0, 0.1) is 12.8 Å². The van der Waals surface area contributed by atoms with E-state index in [1.807, 2.05) is 6.92 Å². The lowest BCUT2D eigenvalue weighted by Crippen LogP contribution is -2.21. The molecule has 1 aromatic rings. The Hall–Kier alpha value is -1.36. The van der Waals surface area contributed by atoms with Crippen LogP contribution in [-0.4, -0.2) is 28.2 Å². The first-order valence-corrected chi connectivity index (χ1v) is 7.28. The zero-order chi connectivity index (χ0) is 15.3. The van der Waals surface area contributed by atoms with Gasteiger partial charge in [0.15, 0.2) is 0 Å². The topological polar surface area (TPSA) is 84.1 Å². The van der Waals surface area contributed by atoms with E-state index in [-0.39, 0.29) is 12.0 Å². The van der Waals surface area contributed by atoms with E-state index in [0.717, 1.165) is 36.6 Å². The molecule has 0 aliphatic heterocycles. The lowest BCUT2D eigenvalue weighted by molar-refractivity contribution is 0.258. The summed E-state index contributed by atoms with van der Waals surface area (Å²) in [6.07, 6.45) is 1.83. The van der Waals surface area contributed by atoms with Crippen LogP contribution in [0.1, 0.15) is 51.9 Å². The molecule has 0 spiro atoms. The molecule has 0 radical (unpaired) electrons. The largest absolute Gasteiger partial charge is 0.396 e. The first-order chi connectivity index (χ1) is 9.29. The van der Waals surface area contributed by atoms with Gasteiger partial charge < -0.3 is 16.2 Å². The third-order valence-electron chi connectivity index (χ3n) is 3.53. The zero-order valence-electron chi connectivity index (χ0n) is 13.3. The molecular weight excluding hydrogens is 252 g/mol. The van der Waals surface area contributed by atoms with Crippen LogP contribution in [0.4, 0.5) is 11.6 Å². The summed E-state index contributed by atoms with van der Waals surface area (Å²) < 4.78 is 0. The fourth-order valence-corrected chi connectivity index (χ4v) is 1.92. The Bertz CT molecular complexity index is 440. The van der Waals surface area contributed by atoms with Crippen molar-refractivity contribution in [1.29, 1.82) is 0 Å². The average molecular weight is 280 g/mol. The number of aliphatic hydroxyl groups is 1. The third-order valence-corrected chi connectivity index (χ3v) is 3.53.